The van der Waals surface area contributed by atoms with Crippen LogP contribution >= 0.6 is 22.4 Å². The highest BCUT2D eigenvalue weighted by molar-refractivity contribution is 14.1. The molecule has 0 nitrogen and oxygen atoms in total. The number of hydrogen-bond acceptors (Lipinski definition) is 0. The van der Waals surface area contributed by atoms with Gasteiger partial charge in [0.2, 0.25) is 4.57 Å². The zero-order valence-corrected chi connectivity index (χ0v) is 7.94. The number of halogens is 1. The molecule has 0 saturated carbocycles. The number of hydrogen-bond donors (Lipinski definition) is 0. The quantitative estimate of drug-likeness (QED) is 0.507. The van der Waals surface area contributed by atoms with Crippen LogP contribution in [0.1, 0.15) is 26.7 Å². The maximum Gasteiger partial charge on any atom is 0.217 e. The lowest BCUT2D eigenvalue weighted by atomic mass is 9.69. The van der Waals surface area contributed by atoms with Gasteiger partial charge >= 0.3 is 0 Å². The van der Waals surface area contributed by atoms with Crippen LogP contribution in [0.25, 0.3) is 0 Å². The summed E-state index contributed by atoms with van der Waals surface area (Å²) in [6.07, 6.45) is 5.48. The minimum atomic E-state index is 0.933. The molecular formula is C6H14BI. The monoisotopic (exact) mass is 224 g/mol. The molecule has 0 aliphatic heterocycles. The molecule has 48 valence electrons. The molecular weight excluding hydrogens is 210 g/mol. The summed E-state index contributed by atoms with van der Waals surface area (Å²) in [6.45, 7) is 4.50. The summed E-state index contributed by atoms with van der Waals surface area (Å²) in [6, 6.07) is 0. The van der Waals surface area contributed by atoms with Crippen LogP contribution in [0.15, 0.2) is 0 Å². The van der Waals surface area contributed by atoms with E-state index in [9.17, 15) is 0 Å². The van der Waals surface area contributed by atoms with Gasteiger partial charge < -0.3 is 0 Å². The van der Waals surface area contributed by atoms with Crippen molar-refractivity contribution in [1.29, 1.82) is 0 Å². The highest BCUT2D eigenvalue weighted by Gasteiger charge is 2.03. The van der Waals surface area contributed by atoms with Gasteiger partial charge in [-0.05, 0) is 0 Å². The molecule has 2 heteroatoms. The molecule has 0 saturated heterocycles. The highest BCUT2D eigenvalue weighted by atomic mass is 127. The van der Waals surface area contributed by atoms with Gasteiger partial charge in [0.1, 0.15) is 0 Å². The second-order valence-electron chi connectivity index (χ2n) is 2.17. The van der Waals surface area contributed by atoms with Gasteiger partial charge in [-0.15, -0.1) is 22.4 Å². The van der Waals surface area contributed by atoms with Gasteiger partial charge in [0.15, 0.2) is 0 Å². The summed E-state index contributed by atoms with van der Waals surface area (Å²) in [5.41, 5.74) is 0. The second kappa shape index (κ2) is 5.92. The largest absolute Gasteiger partial charge is 0.217 e. The average Bonchev–Trinajstić information content (AvgIpc) is 1.68. The van der Waals surface area contributed by atoms with E-state index in [0.29, 0.717) is 0 Å². The first-order valence-corrected chi connectivity index (χ1v) is 4.69. The van der Waals surface area contributed by atoms with Crippen molar-refractivity contribution in [3.8, 4) is 0 Å². The molecule has 0 fully saturated rings. The Morgan fingerprint density at radius 3 is 1.75 bits per heavy atom. The zero-order chi connectivity index (χ0) is 6.41. The van der Waals surface area contributed by atoms with E-state index in [1.54, 1.807) is 0 Å². The normalized spacial score (nSPS) is 9.38. The summed E-state index contributed by atoms with van der Waals surface area (Å²) in [7, 11) is 0. The molecule has 0 spiro atoms. The molecule has 0 aromatic carbocycles. The van der Waals surface area contributed by atoms with Crippen LogP contribution in [0.3, 0.4) is 0 Å². The van der Waals surface area contributed by atoms with E-state index in [4.69, 9.17) is 0 Å². The molecule has 0 N–H and O–H groups in total. The van der Waals surface area contributed by atoms with Crippen molar-refractivity contribution in [2.45, 2.75) is 39.3 Å². The molecule has 0 aromatic heterocycles. The van der Waals surface area contributed by atoms with Crippen molar-refractivity contribution in [2.24, 2.45) is 0 Å². The average molecular weight is 224 g/mol. The molecule has 8 heavy (non-hydrogen) atoms. The molecule has 0 rings (SSSR count). The fourth-order valence-corrected chi connectivity index (χ4v) is 2.02. The van der Waals surface area contributed by atoms with Crippen LogP contribution < -0.4 is 0 Å². The van der Waals surface area contributed by atoms with Gasteiger partial charge in [-0.25, -0.2) is 0 Å². The van der Waals surface area contributed by atoms with Crippen LogP contribution in [0.4, 0.5) is 0 Å². The van der Waals surface area contributed by atoms with Crippen LogP contribution in [-0.4, -0.2) is 4.57 Å². The lowest BCUT2D eigenvalue weighted by Crippen LogP contribution is -1.98. The Balaban J connectivity index is 2.92. The van der Waals surface area contributed by atoms with E-state index in [1.165, 1.54) is 25.5 Å². The predicted octanol–water partition coefficient (Wildman–Crippen LogP) is 3.23. The fourth-order valence-electron chi connectivity index (χ4n) is 0.771. The first-order chi connectivity index (χ1) is 3.81. The lowest BCUT2D eigenvalue weighted by molar-refractivity contribution is 1.02. The third-order valence-electron chi connectivity index (χ3n) is 1.20. The second-order valence-corrected chi connectivity index (χ2v) is 3.94. The van der Waals surface area contributed by atoms with E-state index in [1.807, 2.05) is 0 Å². The SMILES string of the molecule is CCCB(I)CCC. The number of rotatable bonds is 4. The van der Waals surface area contributed by atoms with Gasteiger partial charge in [0.25, 0.3) is 0 Å². The third-order valence-corrected chi connectivity index (χ3v) is 2.45. The van der Waals surface area contributed by atoms with Crippen molar-refractivity contribution in [2.75, 3.05) is 0 Å². The van der Waals surface area contributed by atoms with E-state index >= 15 is 0 Å². The van der Waals surface area contributed by atoms with Crippen LogP contribution in [0, 0.1) is 0 Å². The van der Waals surface area contributed by atoms with Gasteiger partial charge in [0, 0.05) is 0 Å². The summed E-state index contributed by atoms with van der Waals surface area (Å²) in [4.78, 5) is 0. The summed E-state index contributed by atoms with van der Waals surface area (Å²) in [5.74, 6) is 0. The Kier molecular flexibility index (Phi) is 6.51. The van der Waals surface area contributed by atoms with E-state index < -0.39 is 0 Å². The van der Waals surface area contributed by atoms with Gasteiger partial charge in [-0.1, -0.05) is 39.3 Å². The minimum absolute atomic E-state index is 0.933. The molecule has 0 aliphatic carbocycles. The van der Waals surface area contributed by atoms with Crippen molar-refractivity contribution in [3.63, 3.8) is 0 Å². The molecule has 0 heterocycles. The first kappa shape index (κ1) is 8.79. The maximum atomic E-state index is 2.54. The first-order valence-electron chi connectivity index (χ1n) is 3.45. The topological polar surface area (TPSA) is 0 Å². The van der Waals surface area contributed by atoms with Gasteiger partial charge in [-0.2, -0.15) is 0 Å². The standard InChI is InChI=1S/C6H14BI/c1-3-5-7(8)6-4-2/h3-6H2,1-2H3. The molecule has 0 bridgehead atoms. The molecule has 0 atom stereocenters. The van der Waals surface area contributed by atoms with E-state index in [2.05, 4.69) is 36.2 Å². The molecule has 0 amide bonds. The zero-order valence-electron chi connectivity index (χ0n) is 5.78. The van der Waals surface area contributed by atoms with Crippen LogP contribution in [0.2, 0.25) is 12.6 Å². The Bertz CT molecular complexity index is 41.8. The van der Waals surface area contributed by atoms with E-state index in [0.717, 1.165) is 4.57 Å². The summed E-state index contributed by atoms with van der Waals surface area (Å²) in [5, 5.41) is 0. The van der Waals surface area contributed by atoms with Crippen molar-refractivity contribution in [3.05, 3.63) is 0 Å². The smallest absolute Gasteiger partial charge is 0.150 e. The lowest BCUT2D eigenvalue weighted by Gasteiger charge is -1.98. The highest BCUT2D eigenvalue weighted by Crippen LogP contribution is 2.11. The Hall–Kier alpha value is 0.795. The molecule has 0 aromatic rings. The Morgan fingerprint density at radius 2 is 1.50 bits per heavy atom. The third kappa shape index (κ3) is 4.94. The van der Waals surface area contributed by atoms with Crippen molar-refractivity contribution in [1.82, 2.24) is 0 Å². The molecule has 0 radical (unpaired) electrons. The van der Waals surface area contributed by atoms with E-state index in [-0.39, 0.29) is 0 Å². The van der Waals surface area contributed by atoms with Crippen molar-refractivity contribution < 1.29 is 0 Å². The fraction of sp³-hybridized carbons (Fsp3) is 1.00. The Morgan fingerprint density at radius 1 is 1.12 bits per heavy atom. The van der Waals surface area contributed by atoms with Crippen molar-refractivity contribution >= 4 is 26.9 Å². The molecule has 0 unspecified atom stereocenters. The van der Waals surface area contributed by atoms with Crippen LogP contribution in [0.5, 0.6) is 0 Å². The predicted molar refractivity (Wildman–Crippen MR) is 50.0 cm³/mol. The molecule has 0 aliphatic rings. The maximum absolute atomic E-state index is 2.54. The van der Waals surface area contributed by atoms with Gasteiger partial charge in [0.05, 0.1) is 0 Å². The minimum Gasteiger partial charge on any atom is -0.150 e. The van der Waals surface area contributed by atoms with Crippen LogP contribution in [-0.2, 0) is 0 Å². The summed E-state index contributed by atoms with van der Waals surface area (Å²) < 4.78 is 0.933. The Labute approximate surface area is 66.4 Å². The summed E-state index contributed by atoms with van der Waals surface area (Å²) >= 11 is 2.54. The van der Waals surface area contributed by atoms with Gasteiger partial charge in [-0.3, -0.25) is 0 Å².